The van der Waals surface area contributed by atoms with Gasteiger partial charge in [0, 0.05) is 17.3 Å². The largest absolute Gasteiger partial charge is 0.461 e. The average molecular weight is 309 g/mol. The molecule has 0 saturated heterocycles. The first kappa shape index (κ1) is 13.1. The lowest BCUT2D eigenvalue weighted by Crippen LogP contribution is -1.89. The van der Waals surface area contributed by atoms with E-state index in [-0.39, 0.29) is 0 Å². The van der Waals surface area contributed by atoms with Crippen molar-refractivity contribution in [1.82, 2.24) is 15.0 Å². The molecule has 1 N–H and O–H groups in total. The number of pyridine rings is 1. The molecule has 0 aliphatic carbocycles. The fraction of sp³-hybridized carbons (Fsp3) is 0.0588. The summed E-state index contributed by atoms with van der Waals surface area (Å²) in [7, 11) is 0. The Morgan fingerprint density at radius 2 is 2.05 bits per heavy atom. The fourth-order valence-corrected chi connectivity index (χ4v) is 2.63. The number of rotatable bonds is 2. The van der Waals surface area contributed by atoms with Crippen molar-refractivity contribution >= 4 is 22.6 Å². The summed E-state index contributed by atoms with van der Waals surface area (Å²) in [5, 5.41) is 0.597. The van der Waals surface area contributed by atoms with Crippen LogP contribution in [-0.4, -0.2) is 15.0 Å². The van der Waals surface area contributed by atoms with Crippen LogP contribution in [0.25, 0.3) is 33.6 Å². The van der Waals surface area contributed by atoms with Gasteiger partial charge in [-0.1, -0.05) is 11.6 Å². The predicted molar refractivity (Wildman–Crippen MR) is 85.6 cm³/mol. The van der Waals surface area contributed by atoms with Gasteiger partial charge in [0.15, 0.2) is 6.33 Å². The first-order chi connectivity index (χ1) is 10.7. The minimum atomic E-state index is 0.597. The Hall–Kier alpha value is -2.59. The van der Waals surface area contributed by atoms with Crippen LogP contribution in [0, 0.1) is 13.3 Å². The van der Waals surface area contributed by atoms with Gasteiger partial charge < -0.3 is 9.40 Å². The van der Waals surface area contributed by atoms with E-state index < -0.39 is 0 Å². The molecule has 0 saturated carbocycles. The lowest BCUT2D eigenvalue weighted by Gasteiger charge is -2.08. The number of nitrogens with zero attached hydrogens (tertiary/aromatic N) is 2. The molecular weight excluding hydrogens is 298 g/mol. The summed E-state index contributed by atoms with van der Waals surface area (Å²) in [6.45, 7) is 1.92. The maximum Gasteiger partial charge on any atom is 0.174 e. The molecule has 4 nitrogen and oxygen atoms in total. The summed E-state index contributed by atoms with van der Waals surface area (Å²) in [4.78, 5) is 11.7. The molecule has 0 spiro atoms. The second-order valence-electron chi connectivity index (χ2n) is 5.00. The van der Waals surface area contributed by atoms with Crippen molar-refractivity contribution in [3.05, 3.63) is 59.7 Å². The molecule has 0 amide bonds. The van der Waals surface area contributed by atoms with Crippen molar-refractivity contribution in [3.63, 3.8) is 0 Å². The van der Waals surface area contributed by atoms with Crippen LogP contribution in [0.4, 0.5) is 0 Å². The monoisotopic (exact) mass is 308 g/mol. The number of nitrogens with one attached hydrogen (secondary N) is 1. The molecule has 0 unspecified atom stereocenters. The van der Waals surface area contributed by atoms with E-state index >= 15 is 0 Å². The number of hydrogen-bond donors (Lipinski definition) is 1. The van der Waals surface area contributed by atoms with E-state index in [4.69, 9.17) is 16.0 Å². The van der Waals surface area contributed by atoms with Gasteiger partial charge in [0.1, 0.15) is 11.5 Å². The lowest BCUT2D eigenvalue weighted by atomic mass is 10.00. The van der Waals surface area contributed by atoms with Crippen LogP contribution in [0.1, 0.15) is 5.76 Å². The summed E-state index contributed by atoms with van der Waals surface area (Å²) in [5.41, 5.74) is 4.34. The Labute approximate surface area is 131 Å². The van der Waals surface area contributed by atoms with E-state index in [1.54, 1.807) is 6.20 Å². The van der Waals surface area contributed by atoms with Gasteiger partial charge in [-0.25, -0.2) is 4.98 Å². The summed E-state index contributed by atoms with van der Waals surface area (Å²) in [5.74, 6) is 1.65. The summed E-state index contributed by atoms with van der Waals surface area (Å²) >= 11 is 5.95. The molecule has 4 aromatic rings. The van der Waals surface area contributed by atoms with Gasteiger partial charge in [-0.2, -0.15) is 0 Å². The number of fused-ring (bicyclic) bond motifs is 1. The second kappa shape index (κ2) is 5.00. The lowest BCUT2D eigenvalue weighted by molar-refractivity contribution is 0.548. The van der Waals surface area contributed by atoms with Gasteiger partial charge in [-0.3, -0.25) is 4.98 Å². The molecule has 3 heterocycles. The number of hydrogen-bond acceptors (Lipinski definition) is 3. The molecule has 5 heteroatoms. The number of benzene rings is 1. The van der Waals surface area contributed by atoms with Crippen LogP contribution in [0.15, 0.2) is 47.0 Å². The number of halogens is 1. The van der Waals surface area contributed by atoms with Gasteiger partial charge in [-0.15, -0.1) is 0 Å². The first-order valence-corrected chi connectivity index (χ1v) is 7.17. The number of aromatic amines is 1. The highest BCUT2D eigenvalue weighted by atomic mass is 35.5. The van der Waals surface area contributed by atoms with Crippen molar-refractivity contribution in [1.29, 1.82) is 0 Å². The average Bonchev–Trinajstić information content (AvgIpc) is 3.15. The topological polar surface area (TPSA) is 54.7 Å². The van der Waals surface area contributed by atoms with Crippen LogP contribution in [0.3, 0.4) is 0 Å². The van der Waals surface area contributed by atoms with Gasteiger partial charge in [0.05, 0.1) is 21.7 Å². The number of furan rings is 1. The highest BCUT2D eigenvalue weighted by Crippen LogP contribution is 2.36. The smallest absolute Gasteiger partial charge is 0.174 e. The van der Waals surface area contributed by atoms with Gasteiger partial charge in [0.25, 0.3) is 0 Å². The third-order valence-corrected chi connectivity index (χ3v) is 3.75. The molecule has 0 fully saturated rings. The van der Waals surface area contributed by atoms with E-state index in [0.29, 0.717) is 5.02 Å². The van der Waals surface area contributed by atoms with Crippen molar-refractivity contribution in [3.8, 4) is 22.6 Å². The molecule has 0 bridgehead atoms. The van der Waals surface area contributed by atoms with Gasteiger partial charge in [0.2, 0.25) is 0 Å². The molecule has 0 atom stereocenters. The third-order valence-electron chi connectivity index (χ3n) is 3.53. The Bertz CT molecular complexity index is 954. The van der Waals surface area contributed by atoms with E-state index in [1.165, 1.54) is 0 Å². The Morgan fingerprint density at radius 1 is 1.14 bits per heavy atom. The summed E-state index contributed by atoms with van der Waals surface area (Å²) in [6, 6.07) is 11.5. The highest BCUT2D eigenvalue weighted by molar-refractivity contribution is 6.30. The van der Waals surface area contributed by atoms with Crippen LogP contribution >= 0.6 is 11.6 Å². The third kappa shape index (κ3) is 2.09. The van der Waals surface area contributed by atoms with Crippen LogP contribution in [0.5, 0.6) is 0 Å². The SMILES string of the molecule is Cc1ccc(-c2ccc3[nH][c]nc3c2-c2ccc(Cl)cn2)o1. The minimum absolute atomic E-state index is 0.597. The molecular formula is C17H11ClN3O. The summed E-state index contributed by atoms with van der Waals surface area (Å²) < 4.78 is 5.78. The van der Waals surface area contributed by atoms with Crippen LogP contribution in [0.2, 0.25) is 5.02 Å². The maximum absolute atomic E-state index is 5.95. The molecule has 0 aliphatic heterocycles. The molecule has 22 heavy (non-hydrogen) atoms. The molecule has 107 valence electrons. The number of aryl methyl sites for hydroxylation is 1. The van der Waals surface area contributed by atoms with Gasteiger partial charge >= 0.3 is 0 Å². The zero-order valence-corrected chi connectivity index (χ0v) is 12.5. The fourth-order valence-electron chi connectivity index (χ4n) is 2.52. The quantitative estimate of drug-likeness (QED) is 0.586. The Kier molecular flexibility index (Phi) is 2.98. The van der Waals surface area contributed by atoms with Crippen molar-refractivity contribution in [2.24, 2.45) is 0 Å². The summed E-state index contributed by atoms with van der Waals surface area (Å²) in [6.07, 6.45) is 4.41. The maximum atomic E-state index is 5.95. The second-order valence-corrected chi connectivity index (χ2v) is 5.44. The zero-order valence-electron chi connectivity index (χ0n) is 11.7. The van der Waals surface area contributed by atoms with Crippen LogP contribution in [-0.2, 0) is 0 Å². The van der Waals surface area contributed by atoms with Crippen LogP contribution < -0.4 is 0 Å². The van der Waals surface area contributed by atoms with Crippen molar-refractivity contribution in [2.45, 2.75) is 6.92 Å². The van der Waals surface area contributed by atoms with E-state index in [0.717, 1.165) is 39.4 Å². The Balaban J connectivity index is 2.04. The molecule has 1 radical (unpaired) electrons. The first-order valence-electron chi connectivity index (χ1n) is 6.80. The van der Waals surface area contributed by atoms with Gasteiger partial charge in [-0.05, 0) is 43.3 Å². The highest BCUT2D eigenvalue weighted by Gasteiger charge is 2.16. The van der Waals surface area contributed by atoms with E-state index in [1.807, 2.05) is 43.3 Å². The standard InChI is InChI=1S/C17H11ClN3O/c1-10-2-7-15(22-10)12-4-6-14-17(21-9-20-14)16(12)13-5-3-11(18)8-19-13/h2-8H,1H3,(H,20,21). The molecule has 0 aliphatic rings. The minimum Gasteiger partial charge on any atom is -0.461 e. The zero-order chi connectivity index (χ0) is 15.1. The molecule has 3 aromatic heterocycles. The van der Waals surface area contributed by atoms with Crippen molar-refractivity contribution < 1.29 is 4.42 Å². The normalized spacial score (nSPS) is 11.2. The van der Waals surface area contributed by atoms with E-state index in [9.17, 15) is 0 Å². The Morgan fingerprint density at radius 3 is 2.77 bits per heavy atom. The van der Waals surface area contributed by atoms with E-state index in [2.05, 4.69) is 21.3 Å². The molecule has 4 rings (SSSR count). The molecule has 1 aromatic carbocycles. The van der Waals surface area contributed by atoms with Crippen molar-refractivity contribution in [2.75, 3.05) is 0 Å². The number of H-pyrrole nitrogens is 1. The number of imidazole rings is 1. The number of aromatic nitrogens is 3. The predicted octanol–water partition coefficient (Wildman–Crippen LogP) is 4.65.